The zero-order valence-corrected chi connectivity index (χ0v) is 18.1. The molecule has 0 fully saturated rings. The molecule has 0 aromatic carbocycles. The van der Waals surface area contributed by atoms with Crippen molar-refractivity contribution in [2.45, 2.75) is 59.5 Å². The molecule has 152 valence electrons. The highest BCUT2D eigenvalue weighted by Gasteiger charge is 2.29. The Morgan fingerprint density at radius 1 is 1.46 bits per heavy atom. The number of carbonyl (C=O) groups is 2. The van der Waals surface area contributed by atoms with Crippen molar-refractivity contribution in [3.05, 3.63) is 33.0 Å². The van der Waals surface area contributed by atoms with Gasteiger partial charge in [0.05, 0.1) is 34.2 Å². The summed E-state index contributed by atoms with van der Waals surface area (Å²) in [6, 6.07) is -0.0420. The number of rotatable bonds is 6. The molecule has 0 spiro atoms. The SMILES string of the molecule is CCc1nc(C)c([C@@H](C)N(C)C(=O)c2cnn3c2C[C@@H](CNC(C)=O)CC3)s1. The zero-order valence-electron chi connectivity index (χ0n) is 17.3. The number of aryl methyl sites for hydroxylation is 3. The van der Waals surface area contributed by atoms with Crippen molar-refractivity contribution < 1.29 is 9.59 Å². The van der Waals surface area contributed by atoms with Crippen molar-refractivity contribution in [3.8, 4) is 0 Å². The summed E-state index contributed by atoms with van der Waals surface area (Å²) in [5.74, 6) is 0.299. The van der Waals surface area contributed by atoms with Crippen molar-refractivity contribution in [2.24, 2.45) is 5.92 Å². The summed E-state index contributed by atoms with van der Waals surface area (Å²) in [5.41, 5.74) is 2.64. The standard InChI is InChI=1S/C20H29N5O2S/c1-6-18-23-12(2)19(28-18)13(3)24(5)20(27)16-11-22-25-8-7-15(9-17(16)25)10-21-14(4)26/h11,13,15H,6-10H2,1-5H3,(H,21,26)/t13-,15+/m1/s1. The Kier molecular flexibility index (Phi) is 6.17. The van der Waals surface area contributed by atoms with Crippen LogP contribution in [0.4, 0.5) is 0 Å². The molecule has 2 aromatic rings. The number of nitrogens with zero attached hydrogens (tertiary/aromatic N) is 4. The molecule has 3 heterocycles. The number of amides is 2. The van der Waals surface area contributed by atoms with Gasteiger partial charge in [0, 0.05) is 31.9 Å². The highest BCUT2D eigenvalue weighted by Crippen LogP contribution is 2.31. The van der Waals surface area contributed by atoms with E-state index in [1.165, 1.54) is 6.92 Å². The average Bonchev–Trinajstić information content (AvgIpc) is 3.27. The maximum absolute atomic E-state index is 13.2. The second kappa shape index (κ2) is 8.43. The number of hydrogen-bond acceptors (Lipinski definition) is 5. The lowest BCUT2D eigenvalue weighted by atomic mass is 9.94. The van der Waals surface area contributed by atoms with E-state index in [1.807, 2.05) is 25.6 Å². The van der Waals surface area contributed by atoms with Gasteiger partial charge in [0.1, 0.15) is 0 Å². The first-order chi connectivity index (χ1) is 13.3. The van der Waals surface area contributed by atoms with E-state index < -0.39 is 0 Å². The topological polar surface area (TPSA) is 80.1 Å². The molecular formula is C20H29N5O2S. The lowest BCUT2D eigenvalue weighted by Crippen LogP contribution is -2.34. The van der Waals surface area contributed by atoms with Gasteiger partial charge in [-0.3, -0.25) is 14.3 Å². The van der Waals surface area contributed by atoms with Crippen molar-refractivity contribution in [1.29, 1.82) is 0 Å². The monoisotopic (exact) mass is 403 g/mol. The largest absolute Gasteiger partial charge is 0.356 e. The van der Waals surface area contributed by atoms with Gasteiger partial charge in [-0.05, 0) is 39.0 Å². The first-order valence-electron chi connectivity index (χ1n) is 9.84. The van der Waals surface area contributed by atoms with Crippen LogP contribution in [0.2, 0.25) is 0 Å². The molecule has 8 heteroatoms. The first kappa shape index (κ1) is 20.5. The minimum atomic E-state index is -0.0420. The van der Waals surface area contributed by atoms with Crippen LogP contribution in [0.15, 0.2) is 6.20 Å². The third-order valence-corrected chi connectivity index (χ3v) is 6.98. The molecule has 7 nitrogen and oxygen atoms in total. The Balaban J connectivity index is 1.77. The summed E-state index contributed by atoms with van der Waals surface area (Å²) in [7, 11) is 1.85. The van der Waals surface area contributed by atoms with E-state index in [4.69, 9.17) is 0 Å². The van der Waals surface area contributed by atoms with Crippen LogP contribution in [0.5, 0.6) is 0 Å². The molecule has 1 N–H and O–H groups in total. The van der Waals surface area contributed by atoms with Crippen LogP contribution in [-0.2, 0) is 24.2 Å². The second-order valence-corrected chi connectivity index (χ2v) is 8.64. The van der Waals surface area contributed by atoms with Gasteiger partial charge in [-0.1, -0.05) is 6.92 Å². The minimum absolute atomic E-state index is 0.0141. The number of hydrogen-bond donors (Lipinski definition) is 1. The van der Waals surface area contributed by atoms with Crippen LogP contribution in [0.25, 0.3) is 0 Å². The molecule has 2 amide bonds. The third kappa shape index (κ3) is 4.11. The summed E-state index contributed by atoms with van der Waals surface area (Å²) in [5, 5.41) is 8.42. The van der Waals surface area contributed by atoms with Gasteiger partial charge in [-0.2, -0.15) is 5.10 Å². The van der Waals surface area contributed by atoms with Gasteiger partial charge >= 0.3 is 0 Å². The first-order valence-corrected chi connectivity index (χ1v) is 10.7. The van der Waals surface area contributed by atoms with E-state index in [1.54, 1.807) is 22.4 Å². The van der Waals surface area contributed by atoms with Gasteiger partial charge in [0.2, 0.25) is 5.91 Å². The Labute approximate surface area is 170 Å². The van der Waals surface area contributed by atoms with Crippen LogP contribution >= 0.6 is 11.3 Å². The smallest absolute Gasteiger partial charge is 0.257 e. The van der Waals surface area contributed by atoms with E-state index in [0.717, 1.165) is 47.1 Å². The van der Waals surface area contributed by atoms with Crippen LogP contribution in [0, 0.1) is 12.8 Å². The molecule has 3 rings (SSSR count). The van der Waals surface area contributed by atoms with E-state index in [2.05, 4.69) is 22.3 Å². The summed E-state index contributed by atoms with van der Waals surface area (Å²) in [4.78, 5) is 32.0. The molecular weight excluding hydrogens is 374 g/mol. The summed E-state index contributed by atoms with van der Waals surface area (Å²) >= 11 is 1.68. The molecule has 28 heavy (non-hydrogen) atoms. The van der Waals surface area contributed by atoms with Gasteiger partial charge in [-0.15, -0.1) is 11.3 Å². The molecule has 2 atom stereocenters. The average molecular weight is 404 g/mol. The third-order valence-electron chi connectivity index (χ3n) is 5.51. The fourth-order valence-electron chi connectivity index (χ4n) is 3.69. The Morgan fingerprint density at radius 3 is 2.86 bits per heavy atom. The predicted octanol–water partition coefficient (Wildman–Crippen LogP) is 2.74. The van der Waals surface area contributed by atoms with Gasteiger partial charge < -0.3 is 10.2 Å². The van der Waals surface area contributed by atoms with E-state index in [9.17, 15) is 9.59 Å². The fraction of sp³-hybridized carbons (Fsp3) is 0.600. The summed E-state index contributed by atoms with van der Waals surface area (Å²) in [6.07, 6.45) is 4.30. The highest BCUT2D eigenvalue weighted by atomic mass is 32.1. The Hall–Kier alpha value is -2.22. The van der Waals surface area contributed by atoms with Crippen LogP contribution in [0.3, 0.4) is 0 Å². The van der Waals surface area contributed by atoms with Crippen molar-refractivity contribution in [1.82, 2.24) is 25.0 Å². The lowest BCUT2D eigenvalue weighted by Gasteiger charge is -2.27. The molecule has 2 aromatic heterocycles. The minimum Gasteiger partial charge on any atom is -0.356 e. The van der Waals surface area contributed by atoms with Crippen LogP contribution in [-0.4, -0.2) is 45.1 Å². The lowest BCUT2D eigenvalue weighted by molar-refractivity contribution is -0.119. The van der Waals surface area contributed by atoms with Crippen molar-refractivity contribution in [3.63, 3.8) is 0 Å². The van der Waals surface area contributed by atoms with E-state index >= 15 is 0 Å². The quantitative estimate of drug-likeness (QED) is 0.804. The normalized spacial score (nSPS) is 17.1. The maximum Gasteiger partial charge on any atom is 0.257 e. The molecule has 0 saturated heterocycles. The number of nitrogens with one attached hydrogen (secondary N) is 1. The zero-order chi connectivity index (χ0) is 20.4. The predicted molar refractivity (Wildman–Crippen MR) is 109 cm³/mol. The molecule has 0 aliphatic carbocycles. The van der Waals surface area contributed by atoms with E-state index in [0.29, 0.717) is 18.0 Å². The number of thiazole rings is 1. The molecule has 0 radical (unpaired) electrons. The molecule has 0 unspecified atom stereocenters. The second-order valence-electron chi connectivity index (χ2n) is 7.53. The van der Waals surface area contributed by atoms with Gasteiger partial charge in [0.15, 0.2) is 0 Å². The van der Waals surface area contributed by atoms with Crippen molar-refractivity contribution >= 4 is 23.2 Å². The highest BCUT2D eigenvalue weighted by molar-refractivity contribution is 7.11. The summed E-state index contributed by atoms with van der Waals surface area (Å²) in [6.45, 7) is 9.10. The maximum atomic E-state index is 13.2. The van der Waals surface area contributed by atoms with Gasteiger partial charge in [0.25, 0.3) is 5.91 Å². The van der Waals surface area contributed by atoms with Crippen LogP contribution in [0.1, 0.15) is 64.9 Å². The Morgan fingerprint density at radius 2 is 2.21 bits per heavy atom. The molecule has 0 saturated carbocycles. The van der Waals surface area contributed by atoms with E-state index in [-0.39, 0.29) is 17.9 Å². The van der Waals surface area contributed by atoms with Crippen molar-refractivity contribution in [2.75, 3.05) is 13.6 Å². The summed E-state index contributed by atoms with van der Waals surface area (Å²) < 4.78 is 1.93. The fourth-order valence-corrected chi connectivity index (χ4v) is 4.79. The molecule has 1 aliphatic rings. The van der Waals surface area contributed by atoms with Crippen LogP contribution < -0.4 is 5.32 Å². The number of carbonyl (C=O) groups excluding carboxylic acids is 2. The molecule has 0 bridgehead atoms. The van der Waals surface area contributed by atoms with Gasteiger partial charge in [-0.25, -0.2) is 4.98 Å². The Bertz CT molecular complexity index is 872. The number of fused-ring (bicyclic) bond motifs is 1. The molecule has 1 aliphatic heterocycles. The number of aromatic nitrogens is 3.